The summed E-state index contributed by atoms with van der Waals surface area (Å²) in [5.74, 6) is -0.500. The van der Waals surface area contributed by atoms with Gasteiger partial charge in [-0.2, -0.15) is 0 Å². The third-order valence-electron chi connectivity index (χ3n) is 1.52. The molecule has 0 aliphatic carbocycles. The Balaban J connectivity index is 3.30. The summed E-state index contributed by atoms with van der Waals surface area (Å²) < 4.78 is 24.7. The minimum Gasteiger partial charge on any atom is -0.505 e. The fraction of sp³-hybridized carbons (Fsp3) is 0.286. The second kappa shape index (κ2) is 4.19. The molecule has 0 aliphatic heterocycles. The van der Waals surface area contributed by atoms with Gasteiger partial charge < -0.3 is 5.11 Å². The van der Waals surface area contributed by atoms with Crippen LogP contribution in [0, 0.1) is 0 Å². The van der Waals surface area contributed by atoms with Gasteiger partial charge in [0.25, 0.3) is 6.43 Å². The molecule has 0 saturated heterocycles. The zero-order valence-electron chi connectivity index (χ0n) is 6.27. The average molecular weight is 272 g/mol. The maximum Gasteiger partial charge on any atom is 0.265 e. The molecule has 6 heteroatoms. The van der Waals surface area contributed by atoms with Crippen molar-refractivity contribution >= 4 is 27.5 Å². The van der Waals surface area contributed by atoms with E-state index in [1.165, 1.54) is 0 Å². The molecule has 0 aromatic carbocycles. The van der Waals surface area contributed by atoms with E-state index in [9.17, 15) is 13.9 Å². The van der Waals surface area contributed by atoms with Crippen LogP contribution < -0.4 is 0 Å². The van der Waals surface area contributed by atoms with Crippen LogP contribution in [0.3, 0.4) is 0 Å². The standard InChI is InChI=1S/C7H5BrClF2NO/c8-6-5(13)3(1-9)4(2-12-6)7(10)11/h2,7,13H,1H2. The lowest BCUT2D eigenvalue weighted by Crippen LogP contribution is -1.95. The van der Waals surface area contributed by atoms with E-state index >= 15 is 0 Å². The summed E-state index contributed by atoms with van der Waals surface area (Å²) >= 11 is 8.32. The summed E-state index contributed by atoms with van der Waals surface area (Å²) in [5, 5.41) is 9.30. The lowest BCUT2D eigenvalue weighted by Gasteiger charge is -2.08. The van der Waals surface area contributed by atoms with Gasteiger partial charge in [0.1, 0.15) is 4.60 Å². The van der Waals surface area contributed by atoms with Crippen LogP contribution in [0.5, 0.6) is 5.75 Å². The highest BCUT2D eigenvalue weighted by Crippen LogP contribution is 2.33. The molecule has 0 bridgehead atoms. The summed E-state index contributed by atoms with van der Waals surface area (Å²) in [6, 6.07) is 0. The summed E-state index contributed by atoms with van der Waals surface area (Å²) in [6.07, 6.45) is -1.69. The van der Waals surface area contributed by atoms with Crippen LogP contribution in [-0.4, -0.2) is 10.1 Å². The SMILES string of the molecule is Oc1c(Br)ncc(C(F)F)c1CCl. The molecular weight excluding hydrogens is 267 g/mol. The minimum absolute atomic E-state index is 0.0125. The van der Waals surface area contributed by atoms with Crippen molar-refractivity contribution in [1.29, 1.82) is 0 Å². The highest BCUT2D eigenvalue weighted by molar-refractivity contribution is 9.10. The van der Waals surface area contributed by atoms with Gasteiger partial charge in [-0.15, -0.1) is 11.6 Å². The van der Waals surface area contributed by atoms with Crippen molar-refractivity contribution in [3.63, 3.8) is 0 Å². The van der Waals surface area contributed by atoms with Gasteiger partial charge in [-0.1, -0.05) is 0 Å². The lowest BCUT2D eigenvalue weighted by molar-refractivity contribution is 0.149. The van der Waals surface area contributed by atoms with E-state index in [4.69, 9.17) is 11.6 Å². The van der Waals surface area contributed by atoms with Crippen LogP contribution in [0.4, 0.5) is 8.78 Å². The number of nitrogens with zero attached hydrogens (tertiary/aromatic N) is 1. The highest BCUT2D eigenvalue weighted by Gasteiger charge is 2.18. The van der Waals surface area contributed by atoms with Crippen molar-refractivity contribution in [2.24, 2.45) is 0 Å². The molecular formula is C7H5BrClF2NO. The number of halogens is 4. The predicted molar refractivity (Wildman–Crippen MR) is 48.1 cm³/mol. The van der Waals surface area contributed by atoms with E-state index in [1.54, 1.807) is 0 Å². The van der Waals surface area contributed by atoms with Gasteiger partial charge in [0.2, 0.25) is 0 Å². The van der Waals surface area contributed by atoms with Crippen molar-refractivity contribution in [3.05, 3.63) is 21.9 Å². The Morgan fingerprint density at radius 2 is 2.23 bits per heavy atom. The van der Waals surface area contributed by atoms with Gasteiger partial charge in [-0.3, -0.25) is 0 Å². The molecule has 1 heterocycles. The Morgan fingerprint density at radius 3 is 2.69 bits per heavy atom. The van der Waals surface area contributed by atoms with Crippen LogP contribution in [0.1, 0.15) is 17.6 Å². The minimum atomic E-state index is -2.68. The average Bonchev–Trinajstić information content (AvgIpc) is 2.09. The molecule has 0 radical (unpaired) electrons. The molecule has 2 nitrogen and oxygen atoms in total. The Kier molecular flexibility index (Phi) is 3.44. The van der Waals surface area contributed by atoms with Crippen molar-refractivity contribution in [2.75, 3.05) is 0 Å². The molecule has 13 heavy (non-hydrogen) atoms. The molecule has 0 aliphatic rings. The van der Waals surface area contributed by atoms with Gasteiger partial charge >= 0.3 is 0 Å². The van der Waals surface area contributed by atoms with Crippen molar-refractivity contribution < 1.29 is 13.9 Å². The maximum absolute atomic E-state index is 12.3. The first kappa shape index (κ1) is 10.7. The molecule has 0 fully saturated rings. The summed E-state index contributed by atoms with van der Waals surface area (Å²) in [5.41, 5.74) is -0.325. The molecule has 0 amide bonds. The van der Waals surface area contributed by atoms with E-state index in [0.29, 0.717) is 0 Å². The molecule has 0 spiro atoms. The smallest absolute Gasteiger partial charge is 0.265 e. The molecule has 1 rings (SSSR count). The Bertz CT molecular complexity index is 322. The number of aromatic hydroxyl groups is 1. The van der Waals surface area contributed by atoms with Crippen LogP contribution in [0.25, 0.3) is 0 Å². The zero-order chi connectivity index (χ0) is 10.0. The van der Waals surface area contributed by atoms with Crippen molar-refractivity contribution in [3.8, 4) is 5.75 Å². The van der Waals surface area contributed by atoms with Gasteiger partial charge in [-0.25, -0.2) is 13.8 Å². The molecule has 1 N–H and O–H groups in total. The molecule has 0 saturated carbocycles. The van der Waals surface area contributed by atoms with Crippen LogP contribution in [-0.2, 0) is 5.88 Å². The number of pyridine rings is 1. The summed E-state index contributed by atoms with van der Waals surface area (Å²) in [4.78, 5) is 3.54. The monoisotopic (exact) mass is 271 g/mol. The van der Waals surface area contributed by atoms with Gasteiger partial charge in [-0.05, 0) is 15.9 Å². The third kappa shape index (κ3) is 2.08. The number of rotatable bonds is 2. The van der Waals surface area contributed by atoms with E-state index < -0.39 is 6.43 Å². The van der Waals surface area contributed by atoms with E-state index in [1.807, 2.05) is 0 Å². The maximum atomic E-state index is 12.3. The number of aromatic nitrogens is 1. The van der Waals surface area contributed by atoms with Gasteiger partial charge in [0.05, 0.1) is 5.88 Å². The molecule has 72 valence electrons. The summed E-state index contributed by atoms with van der Waals surface area (Å²) in [6.45, 7) is 0. The fourth-order valence-electron chi connectivity index (χ4n) is 0.855. The zero-order valence-corrected chi connectivity index (χ0v) is 8.61. The first-order chi connectivity index (χ1) is 6.07. The number of hydrogen-bond donors (Lipinski definition) is 1. The van der Waals surface area contributed by atoms with Crippen molar-refractivity contribution in [1.82, 2.24) is 4.98 Å². The Labute approximate surface area is 86.7 Å². The second-order valence-electron chi connectivity index (χ2n) is 2.27. The first-order valence-corrected chi connectivity index (χ1v) is 4.61. The predicted octanol–water partition coefficient (Wildman–Crippen LogP) is 3.23. The molecule has 1 aromatic heterocycles. The molecule has 1 aromatic rings. The lowest BCUT2D eigenvalue weighted by atomic mass is 10.1. The third-order valence-corrected chi connectivity index (χ3v) is 2.36. The normalized spacial score (nSPS) is 10.8. The Hall–Kier alpha value is -0.420. The molecule has 0 unspecified atom stereocenters. The Morgan fingerprint density at radius 1 is 1.62 bits per heavy atom. The van der Waals surface area contributed by atoms with Gasteiger partial charge in [0, 0.05) is 17.3 Å². The summed E-state index contributed by atoms with van der Waals surface area (Å²) in [7, 11) is 0. The number of hydrogen-bond acceptors (Lipinski definition) is 2. The highest BCUT2D eigenvalue weighted by atomic mass is 79.9. The molecule has 0 atom stereocenters. The largest absolute Gasteiger partial charge is 0.505 e. The second-order valence-corrected chi connectivity index (χ2v) is 3.28. The van der Waals surface area contributed by atoms with Crippen LogP contribution in [0.2, 0.25) is 0 Å². The first-order valence-electron chi connectivity index (χ1n) is 3.28. The van der Waals surface area contributed by atoms with Gasteiger partial charge in [0.15, 0.2) is 5.75 Å². The quantitative estimate of drug-likeness (QED) is 0.662. The topological polar surface area (TPSA) is 33.1 Å². The van der Waals surface area contributed by atoms with Crippen molar-refractivity contribution in [2.45, 2.75) is 12.3 Å². The number of alkyl halides is 3. The fourth-order valence-corrected chi connectivity index (χ4v) is 1.48. The van der Waals surface area contributed by atoms with E-state index in [-0.39, 0.29) is 27.4 Å². The van der Waals surface area contributed by atoms with E-state index in [2.05, 4.69) is 20.9 Å². The van der Waals surface area contributed by atoms with Crippen LogP contribution in [0.15, 0.2) is 10.8 Å². The van der Waals surface area contributed by atoms with Crippen LogP contribution >= 0.6 is 27.5 Å². The van der Waals surface area contributed by atoms with E-state index in [0.717, 1.165) is 6.20 Å².